The lowest BCUT2D eigenvalue weighted by molar-refractivity contribution is -0.117. The highest BCUT2D eigenvalue weighted by atomic mass is 16.2. The SMILES string of the molecule is CCC1CN(CC(=O)Nc2ccccc2C)CCC1NC. The Balaban J connectivity index is 1.87. The monoisotopic (exact) mass is 289 g/mol. The average Bonchev–Trinajstić information content (AvgIpc) is 2.49. The minimum atomic E-state index is 0.0852. The first-order valence-electron chi connectivity index (χ1n) is 7.89. The fourth-order valence-electron chi connectivity index (χ4n) is 3.15. The van der Waals surface area contributed by atoms with Gasteiger partial charge >= 0.3 is 0 Å². The Hall–Kier alpha value is -1.39. The molecule has 1 saturated heterocycles. The van der Waals surface area contributed by atoms with E-state index in [9.17, 15) is 4.79 Å². The van der Waals surface area contributed by atoms with Crippen molar-refractivity contribution in [1.29, 1.82) is 0 Å². The maximum absolute atomic E-state index is 12.2. The van der Waals surface area contributed by atoms with Crippen LogP contribution in [0.5, 0.6) is 0 Å². The first-order valence-corrected chi connectivity index (χ1v) is 7.89. The van der Waals surface area contributed by atoms with Crippen LogP contribution in [-0.4, -0.2) is 43.5 Å². The topological polar surface area (TPSA) is 44.4 Å². The van der Waals surface area contributed by atoms with Crippen LogP contribution in [-0.2, 0) is 4.79 Å². The summed E-state index contributed by atoms with van der Waals surface area (Å²) >= 11 is 0. The summed E-state index contributed by atoms with van der Waals surface area (Å²) in [5.41, 5.74) is 2.02. The van der Waals surface area contributed by atoms with E-state index in [1.54, 1.807) is 0 Å². The van der Waals surface area contributed by atoms with E-state index >= 15 is 0 Å². The number of para-hydroxylation sites is 1. The van der Waals surface area contributed by atoms with Gasteiger partial charge in [0.1, 0.15) is 0 Å². The molecule has 0 aliphatic carbocycles. The number of nitrogens with zero attached hydrogens (tertiary/aromatic N) is 1. The molecule has 2 rings (SSSR count). The number of aryl methyl sites for hydroxylation is 1. The van der Waals surface area contributed by atoms with Crippen molar-refractivity contribution >= 4 is 11.6 Å². The lowest BCUT2D eigenvalue weighted by atomic mass is 9.90. The van der Waals surface area contributed by atoms with E-state index in [1.807, 2.05) is 38.2 Å². The summed E-state index contributed by atoms with van der Waals surface area (Å²) < 4.78 is 0. The predicted molar refractivity (Wildman–Crippen MR) is 87.5 cm³/mol. The van der Waals surface area contributed by atoms with Gasteiger partial charge in [0.25, 0.3) is 0 Å². The van der Waals surface area contributed by atoms with E-state index in [-0.39, 0.29) is 5.91 Å². The van der Waals surface area contributed by atoms with Crippen LogP contribution in [0, 0.1) is 12.8 Å². The number of amides is 1. The van der Waals surface area contributed by atoms with E-state index in [4.69, 9.17) is 0 Å². The van der Waals surface area contributed by atoms with Crippen LogP contribution in [0.2, 0.25) is 0 Å². The zero-order chi connectivity index (χ0) is 15.2. The summed E-state index contributed by atoms with van der Waals surface area (Å²) in [6, 6.07) is 8.50. The van der Waals surface area contributed by atoms with Crippen molar-refractivity contribution in [3.8, 4) is 0 Å². The second-order valence-electron chi connectivity index (χ2n) is 5.95. The Morgan fingerprint density at radius 1 is 1.38 bits per heavy atom. The molecule has 2 unspecified atom stereocenters. The van der Waals surface area contributed by atoms with Gasteiger partial charge in [-0.2, -0.15) is 0 Å². The first-order chi connectivity index (χ1) is 10.1. The fraction of sp³-hybridized carbons (Fsp3) is 0.588. The summed E-state index contributed by atoms with van der Waals surface area (Å²) in [6.07, 6.45) is 2.27. The standard InChI is InChI=1S/C17H27N3O/c1-4-14-11-20(10-9-16(14)18-3)12-17(21)19-15-8-6-5-7-13(15)2/h5-8,14,16,18H,4,9-12H2,1-3H3,(H,19,21). The molecule has 0 aromatic heterocycles. The smallest absolute Gasteiger partial charge is 0.238 e. The fourth-order valence-corrected chi connectivity index (χ4v) is 3.15. The highest BCUT2D eigenvalue weighted by molar-refractivity contribution is 5.92. The van der Waals surface area contributed by atoms with Gasteiger partial charge < -0.3 is 10.6 Å². The number of piperidine rings is 1. The van der Waals surface area contributed by atoms with Gasteiger partial charge in [-0.15, -0.1) is 0 Å². The van der Waals surface area contributed by atoms with Crippen molar-refractivity contribution in [3.05, 3.63) is 29.8 Å². The number of carbonyl (C=O) groups is 1. The third-order valence-electron chi connectivity index (χ3n) is 4.50. The molecule has 2 atom stereocenters. The molecule has 4 nitrogen and oxygen atoms in total. The van der Waals surface area contributed by atoms with Crippen molar-refractivity contribution in [2.75, 3.05) is 32.0 Å². The van der Waals surface area contributed by atoms with E-state index in [1.165, 1.54) is 0 Å². The number of benzene rings is 1. The molecule has 21 heavy (non-hydrogen) atoms. The molecule has 0 spiro atoms. The number of hydrogen-bond acceptors (Lipinski definition) is 3. The van der Waals surface area contributed by atoms with E-state index in [2.05, 4.69) is 22.5 Å². The van der Waals surface area contributed by atoms with Crippen LogP contribution in [0.4, 0.5) is 5.69 Å². The highest BCUT2D eigenvalue weighted by Gasteiger charge is 2.27. The van der Waals surface area contributed by atoms with Gasteiger partial charge in [0, 0.05) is 24.8 Å². The number of rotatable bonds is 5. The van der Waals surface area contributed by atoms with Crippen molar-refractivity contribution in [2.24, 2.45) is 5.92 Å². The number of nitrogens with one attached hydrogen (secondary N) is 2. The van der Waals surface area contributed by atoms with Crippen LogP contribution < -0.4 is 10.6 Å². The summed E-state index contributed by atoms with van der Waals surface area (Å²) in [6.45, 7) is 6.72. The zero-order valence-electron chi connectivity index (χ0n) is 13.4. The third kappa shape index (κ3) is 4.29. The quantitative estimate of drug-likeness (QED) is 0.874. The van der Waals surface area contributed by atoms with Crippen LogP contribution in [0.15, 0.2) is 24.3 Å². The normalized spacial score (nSPS) is 23.0. The molecule has 2 N–H and O–H groups in total. The first kappa shape index (κ1) is 16.0. The molecule has 1 amide bonds. The van der Waals surface area contributed by atoms with Crippen molar-refractivity contribution in [2.45, 2.75) is 32.7 Å². The molecule has 0 saturated carbocycles. The van der Waals surface area contributed by atoms with Crippen LogP contribution in [0.3, 0.4) is 0 Å². The molecule has 1 aliphatic heterocycles. The van der Waals surface area contributed by atoms with Crippen LogP contribution in [0.1, 0.15) is 25.3 Å². The summed E-state index contributed by atoms with van der Waals surface area (Å²) in [5, 5.41) is 6.42. The summed E-state index contributed by atoms with van der Waals surface area (Å²) in [4.78, 5) is 14.5. The molecule has 1 fully saturated rings. The van der Waals surface area contributed by atoms with Gasteiger partial charge in [-0.25, -0.2) is 0 Å². The maximum atomic E-state index is 12.2. The number of anilines is 1. The Labute approximate surface area is 127 Å². The van der Waals surface area contributed by atoms with Gasteiger partial charge in [-0.05, 0) is 37.9 Å². The van der Waals surface area contributed by atoms with Crippen molar-refractivity contribution < 1.29 is 4.79 Å². The lowest BCUT2D eigenvalue weighted by Crippen LogP contribution is -2.49. The Morgan fingerprint density at radius 2 is 2.14 bits per heavy atom. The largest absolute Gasteiger partial charge is 0.325 e. The summed E-state index contributed by atoms with van der Waals surface area (Å²) in [5.74, 6) is 0.720. The van der Waals surface area contributed by atoms with Crippen molar-refractivity contribution in [1.82, 2.24) is 10.2 Å². The predicted octanol–water partition coefficient (Wildman–Crippen LogP) is 2.25. The van der Waals surface area contributed by atoms with E-state index in [0.29, 0.717) is 18.5 Å². The third-order valence-corrected chi connectivity index (χ3v) is 4.50. The number of likely N-dealkylation sites (tertiary alicyclic amines) is 1. The molecule has 116 valence electrons. The van der Waals surface area contributed by atoms with E-state index < -0.39 is 0 Å². The lowest BCUT2D eigenvalue weighted by Gasteiger charge is -2.37. The number of carbonyl (C=O) groups excluding carboxylic acids is 1. The molecular weight excluding hydrogens is 262 g/mol. The van der Waals surface area contributed by atoms with Gasteiger partial charge in [0.2, 0.25) is 5.91 Å². The highest BCUT2D eigenvalue weighted by Crippen LogP contribution is 2.20. The minimum Gasteiger partial charge on any atom is -0.325 e. The molecule has 0 bridgehead atoms. The van der Waals surface area contributed by atoms with Gasteiger partial charge in [-0.1, -0.05) is 31.5 Å². The molecule has 4 heteroatoms. The molecule has 1 aromatic rings. The van der Waals surface area contributed by atoms with Gasteiger partial charge in [0.05, 0.1) is 6.54 Å². The Kier molecular flexibility index (Phi) is 5.76. The molecule has 0 radical (unpaired) electrons. The maximum Gasteiger partial charge on any atom is 0.238 e. The van der Waals surface area contributed by atoms with Crippen LogP contribution in [0.25, 0.3) is 0 Å². The Bertz CT molecular complexity index is 475. The zero-order valence-corrected chi connectivity index (χ0v) is 13.4. The second-order valence-corrected chi connectivity index (χ2v) is 5.95. The van der Waals surface area contributed by atoms with Gasteiger partial charge in [0.15, 0.2) is 0 Å². The van der Waals surface area contributed by atoms with Crippen molar-refractivity contribution in [3.63, 3.8) is 0 Å². The van der Waals surface area contributed by atoms with Gasteiger partial charge in [-0.3, -0.25) is 9.69 Å². The molecular formula is C17H27N3O. The minimum absolute atomic E-state index is 0.0852. The summed E-state index contributed by atoms with van der Waals surface area (Å²) in [7, 11) is 2.04. The van der Waals surface area contributed by atoms with Crippen LogP contribution >= 0.6 is 0 Å². The van der Waals surface area contributed by atoms with E-state index in [0.717, 1.165) is 37.2 Å². The number of hydrogen-bond donors (Lipinski definition) is 2. The molecule has 1 aliphatic rings. The second kappa shape index (κ2) is 7.57. The molecule has 1 heterocycles. The Morgan fingerprint density at radius 3 is 2.81 bits per heavy atom. The molecule has 1 aromatic carbocycles. The average molecular weight is 289 g/mol.